The number of benzene rings is 2. The number of aromatic nitrogens is 2. The van der Waals surface area contributed by atoms with Crippen LogP contribution in [0.1, 0.15) is 46.1 Å². The first kappa shape index (κ1) is 17.8. The molecule has 0 atom stereocenters. The topological polar surface area (TPSA) is 79.0 Å². The largest absolute Gasteiger partial charge is 0.381 e. The molecule has 144 valence electrons. The van der Waals surface area contributed by atoms with Gasteiger partial charge in [0.25, 0.3) is 5.91 Å². The number of nitrogens with zero attached hydrogens (tertiary/aromatic N) is 1. The van der Waals surface area contributed by atoms with Crippen molar-refractivity contribution < 1.29 is 9.53 Å². The number of ether oxygens (including phenoxy) is 1. The fraction of sp³-hybridized carbons (Fsp3) is 0.333. The van der Waals surface area contributed by atoms with Crippen molar-refractivity contribution in [3.8, 4) is 0 Å². The van der Waals surface area contributed by atoms with Gasteiger partial charge in [-0.2, -0.15) is 0 Å². The summed E-state index contributed by atoms with van der Waals surface area (Å²) < 4.78 is 6.31. The van der Waals surface area contributed by atoms with E-state index in [1.54, 1.807) is 0 Å². The van der Waals surface area contributed by atoms with E-state index in [0.29, 0.717) is 17.0 Å². The third kappa shape index (κ3) is 3.34. The van der Waals surface area contributed by atoms with Crippen LogP contribution in [-0.2, 0) is 17.8 Å². The molecule has 28 heavy (non-hydrogen) atoms. The summed E-state index contributed by atoms with van der Waals surface area (Å²) in [4.78, 5) is 21.3. The van der Waals surface area contributed by atoms with E-state index >= 15 is 0 Å². The maximum absolute atomic E-state index is 13.0. The van der Waals surface area contributed by atoms with Crippen LogP contribution in [0.4, 0.5) is 5.69 Å². The molecule has 0 aliphatic carbocycles. The number of hydrogen-bond donors (Lipinski definition) is 3. The van der Waals surface area contributed by atoms with Crippen molar-refractivity contribution in [1.29, 1.82) is 0 Å². The Bertz CT molecular complexity index is 1060. The Kier molecular flexibility index (Phi) is 4.66. The highest BCUT2D eigenvalue weighted by Gasteiger charge is 2.22. The number of fused-ring (bicyclic) bond motifs is 2. The number of aromatic amines is 1. The van der Waals surface area contributed by atoms with Gasteiger partial charge < -0.3 is 20.4 Å². The van der Waals surface area contributed by atoms with E-state index in [0.717, 1.165) is 60.6 Å². The number of carbonyl (C=O) groups is 1. The molecular weight excluding hydrogens is 420 g/mol. The Morgan fingerprint density at radius 3 is 2.82 bits per heavy atom. The average molecular weight is 441 g/mol. The van der Waals surface area contributed by atoms with Crippen molar-refractivity contribution in [2.24, 2.45) is 0 Å². The molecule has 2 aliphatic rings. The van der Waals surface area contributed by atoms with Gasteiger partial charge in [0.05, 0.1) is 11.1 Å². The molecule has 1 aromatic heterocycles. The second-order valence-corrected chi connectivity index (χ2v) is 8.32. The number of anilines is 1. The van der Waals surface area contributed by atoms with Crippen molar-refractivity contribution >= 4 is 38.6 Å². The molecule has 0 spiro atoms. The number of carbonyl (C=O) groups excluding carboxylic acids is 1. The van der Waals surface area contributed by atoms with Crippen molar-refractivity contribution in [3.63, 3.8) is 0 Å². The summed E-state index contributed by atoms with van der Waals surface area (Å²) in [5, 5.41) is 6.36. The van der Waals surface area contributed by atoms with E-state index < -0.39 is 0 Å². The van der Waals surface area contributed by atoms with Crippen molar-refractivity contribution in [1.82, 2.24) is 15.3 Å². The maximum atomic E-state index is 13.0. The van der Waals surface area contributed by atoms with Crippen molar-refractivity contribution in [3.05, 3.63) is 57.3 Å². The molecule has 2 aromatic carbocycles. The van der Waals surface area contributed by atoms with Crippen LogP contribution in [-0.4, -0.2) is 29.1 Å². The van der Waals surface area contributed by atoms with Gasteiger partial charge in [-0.3, -0.25) is 4.79 Å². The number of H-pyrrole nitrogens is 1. The zero-order valence-electron chi connectivity index (χ0n) is 15.3. The summed E-state index contributed by atoms with van der Waals surface area (Å²) in [6.45, 7) is 3.24. The second-order valence-electron chi connectivity index (χ2n) is 7.40. The zero-order valence-corrected chi connectivity index (χ0v) is 16.9. The minimum absolute atomic E-state index is 0.151. The number of halogens is 1. The molecule has 0 unspecified atom stereocenters. The molecule has 1 fully saturated rings. The number of amides is 1. The smallest absolute Gasteiger partial charge is 0.257 e. The summed E-state index contributed by atoms with van der Waals surface area (Å²) >= 11 is 3.53. The molecule has 1 saturated heterocycles. The standard InChI is InChI=1S/C21H21BrN4O2/c22-15-8-17(21(27)24-16-2-1-13-10-23-11-14(13)7-16)19-18(9-15)25-20(26-19)12-3-5-28-6-4-12/h1-2,7-9,12,23H,3-6,10-11H2,(H,24,27)(H,25,26). The van der Waals surface area contributed by atoms with Gasteiger partial charge in [0.15, 0.2) is 0 Å². The first-order valence-corrected chi connectivity index (χ1v) is 10.4. The number of nitrogens with one attached hydrogen (secondary N) is 3. The minimum Gasteiger partial charge on any atom is -0.381 e. The molecule has 3 aromatic rings. The van der Waals surface area contributed by atoms with Crippen LogP contribution < -0.4 is 10.6 Å². The first-order valence-electron chi connectivity index (χ1n) is 9.58. The van der Waals surface area contributed by atoms with Crippen LogP contribution in [0, 0.1) is 0 Å². The summed E-state index contributed by atoms with van der Waals surface area (Å²) in [5.41, 5.74) is 5.48. The van der Waals surface area contributed by atoms with Crippen LogP contribution in [0.5, 0.6) is 0 Å². The molecule has 6 nitrogen and oxygen atoms in total. The quantitative estimate of drug-likeness (QED) is 0.573. The molecular formula is C21H21BrN4O2. The van der Waals surface area contributed by atoms with E-state index in [1.807, 2.05) is 24.3 Å². The summed E-state index contributed by atoms with van der Waals surface area (Å²) in [7, 11) is 0. The average Bonchev–Trinajstić information content (AvgIpc) is 3.34. The highest BCUT2D eigenvalue weighted by molar-refractivity contribution is 9.10. The van der Waals surface area contributed by atoms with Gasteiger partial charge >= 0.3 is 0 Å². The van der Waals surface area contributed by atoms with Crippen LogP contribution >= 0.6 is 15.9 Å². The Morgan fingerprint density at radius 1 is 1.14 bits per heavy atom. The Hall–Kier alpha value is -2.22. The molecule has 0 saturated carbocycles. The molecule has 0 radical (unpaired) electrons. The SMILES string of the molecule is O=C(Nc1ccc2c(c1)CNC2)c1cc(Br)cc2[nH]c(C3CCOCC3)nc12. The maximum Gasteiger partial charge on any atom is 0.257 e. The lowest BCUT2D eigenvalue weighted by Gasteiger charge is -2.19. The Morgan fingerprint density at radius 2 is 1.96 bits per heavy atom. The van der Waals surface area contributed by atoms with Gasteiger partial charge in [-0.1, -0.05) is 22.0 Å². The van der Waals surface area contributed by atoms with E-state index in [2.05, 4.69) is 37.6 Å². The molecule has 1 amide bonds. The van der Waals surface area contributed by atoms with Gasteiger partial charge in [-0.25, -0.2) is 4.98 Å². The third-order valence-corrected chi connectivity index (χ3v) is 5.98. The lowest BCUT2D eigenvalue weighted by molar-refractivity contribution is 0.0838. The third-order valence-electron chi connectivity index (χ3n) is 5.52. The lowest BCUT2D eigenvalue weighted by Crippen LogP contribution is -2.15. The van der Waals surface area contributed by atoms with Crippen LogP contribution in [0.25, 0.3) is 11.0 Å². The van der Waals surface area contributed by atoms with Crippen LogP contribution in [0.15, 0.2) is 34.8 Å². The normalized spacial score (nSPS) is 17.0. The van der Waals surface area contributed by atoms with Crippen molar-refractivity contribution in [2.75, 3.05) is 18.5 Å². The molecule has 5 rings (SSSR count). The van der Waals surface area contributed by atoms with Gasteiger partial charge in [0.1, 0.15) is 11.3 Å². The monoisotopic (exact) mass is 440 g/mol. The van der Waals surface area contributed by atoms with E-state index in [9.17, 15) is 4.79 Å². The molecule has 7 heteroatoms. The van der Waals surface area contributed by atoms with Crippen LogP contribution in [0.3, 0.4) is 0 Å². The fourth-order valence-corrected chi connectivity index (χ4v) is 4.47. The van der Waals surface area contributed by atoms with Gasteiger partial charge in [0.2, 0.25) is 0 Å². The highest BCUT2D eigenvalue weighted by atomic mass is 79.9. The molecule has 3 N–H and O–H groups in total. The number of imidazole rings is 1. The van der Waals surface area contributed by atoms with Gasteiger partial charge in [-0.05, 0) is 48.2 Å². The summed E-state index contributed by atoms with van der Waals surface area (Å²) in [5.74, 6) is 1.14. The predicted molar refractivity (Wildman–Crippen MR) is 112 cm³/mol. The molecule has 0 bridgehead atoms. The lowest BCUT2D eigenvalue weighted by atomic mass is 10.00. The number of rotatable bonds is 3. The summed E-state index contributed by atoms with van der Waals surface area (Å²) in [6.07, 6.45) is 1.90. The Labute approximate surface area is 171 Å². The summed E-state index contributed by atoms with van der Waals surface area (Å²) in [6, 6.07) is 9.88. The highest BCUT2D eigenvalue weighted by Crippen LogP contribution is 2.30. The zero-order chi connectivity index (χ0) is 19.1. The molecule has 3 heterocycles. The predicted octanol–water partition coefficient (Wildman–Crippen LogP) is 4.07. The van der Waals surface area contributed by atoms with E-state index in [1.165, 1.54) is 11.1 Å². The molecule has 2 aliphatic heterocycles. The first-order chi connectivity index (χ1) is 13.7. The number of hydrogen-bond acceptors (Lipinski definition) is 4. The van der Waals surface area contributed by atoms with Crippen LogP contribution in [0.2, 0.25) is 0 Å². The van der Waals surface area contributed by atoms with E-state index in [4.69, 9.17) is 9.72 Å². The fourth-order valence-electron chi connectivity index (χ4n) is 4.01. The van der Waals surface area contributed by atoms with E-state index in [-0.39, 0.29) is 5.91 Å². The minimum atomic E-state index is -0.151. The van der Waals surface area contributed by atoms with Gasteiger partial charge in [0, 0.05) is 42.4 Å². The van der Waals surface area contributed by atoms with Crippen molar-refractivity contribution in [2.45, 2.75) is 31.8 Å². The van der Waals surface area contributed by atoms with Gasteiger partial charge in [-0.15, -0.1) is 0 Å². The second kappa shape index (κ2) is 7.31. The Balaban J connectivity index is 1.47.